The Hall–Kier alpha value is -4.90. The molecule has 7 rings (SSSR count). The predicted molar refractivity (Wildman–Crippen MR) is 199 cm³/mol. The fourth-order valence-electron chi connectivity index (χ4n) is 6.79. The molecule has 0 aliphatic carbocycles. The number of hydrogen-bond acceptors (Lipinski definition) is 2. The van der Waals surface area contributed by atoms with Crippen LogP contribution in [0.3, 0.4) is 0 Å². The van der Waals surface area contributed by atoms with Crippen LogP contribution in [0.5, 0.6) is 11.5 Å². The number of hydrogen-bond donors (Lipinski definition) is 0. The summed E-state index contributed by atoms with van der Waals surface area (Å²) in [6, 6.07) is 32.6. The first-order valence-corrected chi connectivity index (χ1v) is 16.9. The molecule has 0 bridgehead atoms. The number of benzene rings is 4. The fraction of sp³-hybridized carbons (Fsp3) is 0.302. The molecule has 0 atom stereocenters. The molecule has 4 aromatic carbocycles. The molecule has 0 unspecified atom stereocenters. The Labute approximate surface area is 284 Å². The minimum atomic E-state index is -0.134. The van der Waals surface area contributed by atoms with Crippen molar-refractivity contribution in [2.75, 3.05) is 0 Å². The molecule has 0 saturated heterocycles. The van der Waals surface area contributed by atoms with Gasteiger partial charge in [-0.3, -0.25) is 4.57 Å². The second kappa shape index (κ2) is 11.1. The van der Waals surface area contributed by atoms with Gasteiger partial charge < -0.3 is 4.74 Å². The first-order valence-electron chi connectivity index (χ1n) is 16.9. The number of pyridine rings is 1. The molecular weight excluding hydrogens is 589 g/mol. The van der Waals surface area contributed by atoms with Crippen LogP contribution in [0, 0.1) is 0 Å². The van der Waals surface area contributed by atoms with Gasteiger partial charge in [0.2, 0.25) is 6.33 Å². The van der Waals surface area contributed by atoms with Gasteiger partial charge in [0.15, 0.2) is 11.0 Å². The lowest BCUT2D eigenvalue weighted by atomic mass is 9.84. The predicted octanol–water partition coefficient (Wildman–Crippen LogP) is 10.6. The van der Waals surface area contributed by atoms with Gasteiger partial charge in [-0.25, -0.2) is 9.55 Å². The number of nitrogens with zero attached hydrogens (tertiary/aromatic N) is 4. The summed E-state index contributed by atoms with van der Waals surface area (Å²) in [5.41, 5.74) is 9.13. The molecule has 0 fully saturated rings. The Morgan fingerprint density at radius 2 is 1.29 bits per heavy atom. The van der Waals surface area contributed by atoms with Crippen LogP contribution in [0.15, 0.2) is 104 Å². The van der Waals surface area contributed by atoms with Crippen LogP contribution in [0.4, 0.5) is 0 Å². The third-order valence-electron chi connectivity index (χ3n) is 9.48. The molecule has 0 N–H and O–H groups in total. The standard InChI is InChI=1S/C43H47N4O/c1-41(2,3)28-19-20-44-39(23-28)47-35-16-12-11-15-33(35)40-34(43(7,8)9)25-32(26-38(40)47)48-31-22-29(42(4,5)6)21-30(24-31)46-27-45(10)36-17-13-14-18-37(36)46/h11-27H,1-10H3/q+1. The Kier molecular flexibility index (Phi) is 7.32. The van der Waals surface area contributed by atoms with Gasteiger partial charge >= 0.3 is 0 Å². The summed E-state index contributed by atoms with van der Waals surface area (Å²) in [5.74, 6) is 2.53. The van der Waals surface area contributed by atoms with Gasteiger partial charge in [-0.05, 0) is 81.5 Å². The van der Waals surface area contributed by atoms with E-state index in [-0.39, 0.29) is 16.2 Å². The van der Waals surface area contributed by atoms with E-state index in [1.54, 1.807) is 0 Å². The SMILES string of the molecule is C[n+]1cn(-c2cc(Oc3cc(C(C)(C)C)c4c5ccccc5n(-c5cc(C(C)(C)C)ccn5)c4c3)cc(C(C)(C)C)c2)c2ccccc21. The van der Waals surface area contributed by atoms with Crippen LogP contribution >= 0.6 is 0 Å². The van der Waals surface area contributed by atoms with Gasteiger partial charge in [0.25, 0.3) is 0 Å². The largest absolute Gasteiger partial charge is 0.457 e. The van der Waals surface area contributed by atoms with Gasteiger partial charge in [-0.1, -0.05) is 92.6 Å². The average Bonchev–Trinajstić information content (AvgIpc) is 3.54. The van der Waals surface area contributed by atoms with E-state index in [4.69, 9.17) is 9.72 Å². The zero-order chi connectivity index (χ0) is 34.2. The van der Waals surface area contributed by atoms with Crippen molar-refractivity contribution in [1.82, 2.24) is 14.1 Å². The second-order valence-electron chi connectivity index (χ2n) is 16.3. The average molecular weight is 636 g/mol. The van der Waals surface area contributed by atoms with Crippen LogP contribution < -0.4 is 9.30 Å². The molecule has 5 heteroatoms. The van der Waals surface area contributed by atoms with Crippen LogP contribution in [-0.4, -0.2) is 14.1 Å². The van der Waals surface area contributed by atoms with Crippen LogP contribution in [0.25, 0.3) is 44.3 Å². The van der Waals surface area contributed by atoms with Crippen molar-refractivity contribution in [3.63, 3.8) is 0 Å². The van der Waals surface area contributed by atoms with E-state index in [1.165, 1.54) is 33.0 Å². The summed E-state index contributed by atoms with van der Waals surface area (Å²) in [7, 11) is 2.10. The number of rotatable bonds is 4. The van der Waals surface area contributed by atoms with E-state index < -0.39 is 0 Å². The maximum Gasteiger partial charge on any atom is 0.249 e. The number of para-hydroxylation sites is 3. The summed E-state index contributed by atoms with van der Waals surface area (Å²) in [4.78, 5) is 4.93. The number of imidazole rings is 1. The zero-order valence-corrected chi connectivity index (χ0v) is 30.0. The van der Waals surface area contributed by atoms with Crippen molar-refractivity contribution >= 4 is 32.8 Å². The highest BCUT2D eigenvalue weighted by Gasteiger charge is 2.26. The van der Waals surface area contributed by atoms with Crippen molar-refractivity contribution in [2.24, 2.45) is 7.05 Å². The number of fused-ring (bicyclic) bond motifs is 4. The number of aromatic nitrogens is 4. The second-order valence-corrected chi connectivity index (χ2v) is 16.3. The van der Waals surface area contributed by atoms with Crippen LogP contribution in [0.2, 0.25) is 0 Å². The number of aryl methyl sites for hydroxylation is 1. The maximum absolute atomic E-state index is 6.95. The minimum absolute atomic E-state index is 0.000833. The molecular formula is C43H47N4O+. The Morgan fingerprint density at radius 1 is 0.625 bits per heavy atom. The molecule has 48 heavy (non-hydrogen) atoms. The Morgan fingerprint density at radius 3 is 2.00 bits per heavy atom. The third-order valence-corrected chi connectivity index (χ3v) is 9.48. The van der Waals surface area contributed by atoms with Crippen molar-refractivity contribution in [3.05, 3.63) is 120 Å². The molecule has 5 nitrogen and oxygen atoms in total. The molecule has 0 spiro atoms. The van der Waals surface area contributed by atoms with Gasteiger partial charge in [0.05, 0.1) is 18.1 Å². The lowest BCUT2D eigenvalue weighted by Crippen LogP contribution is -2.25. The van der Waals surface area contributed by atoms with E-state index in [0.717, 1.165) is 39.6 Å². The monoisotopic (exact) mass is 635 g/mol. The Bertz CT molecular complexity index is 2330. The lowest BCUT2D eigenvalue weighted by Gasteiger charge is -2.23. The summed E-state index contributed by atoms with van der Waals surface area (Å²) < 4.78 is 13.7. The molecule has 7 aromatic rings. The van der Waals surface area contributed by atoms with E-state index in [2.05, 4.69) is 180 Å². The molecule has 3 aromatic heterocycles. The summed E-state index contributed by atoms with van der Waals surface area (Å²) in [6.07, 6.45) is 4.09. The zero-order valence-electron chi connectivity index (χ0n) is 30.0. The summed E-state index contributed by atoms with van der Waals surface area (Å²) in [6.45, 7) is 20.4. The lowest BCUT2D eigenvalue weighted by molar-refractivity contribution is -0.645. The highest BCUT2D eigenvalue weighted by molar-refractivity contribution is 6.11. The quantitative estimate of drug-likeness (QED) is 0.180. The van der Waals surface area contributed by atoms with Crippen molar-refractivity contribution in [3.8, 4) is 23.0 Å². The van der Waals surface area contributed by atoms with E-state index in [0.29, 0.717) is 0 Å². The van der Waals surface area contributed by atoms with E-state index in [1.807, 2.05) is 6.20 Å². The highest BCUT2D eigenvalue weighted by atomic mass is 16.5. The van der Waals surface area contributed by atoms with Crippen LogP contribution in [0.1, 0.15) is 79.0 Å². The fourth-order valence-corrected chi connectivity index (χ4v) is 6.79. The molecule has 0 amide bonds. The smallest absolute Gasteiger partial charge is 0.249 e. The van der Waals surface area contributed by atoms with E-state index >= 15 is 0 Å². The van der Waals surface area contributed by atoms with Gasteiger partial charge in [0, 0.05) is 29.1 Å². The van der Waals surface area contributed by atoms with E-state index in [9.17, 15) is 0 Å². The summed E-state index contributed by atoms with van der Waals surface area (Å²) in [5, 5.41) is 2.46. The first-order chi connectivity index (χ1) is 22.6. The first kappa shape index (κ1) is 31.7. The summed E-state index contributed by atoms with van der Waals surface area (Å²) >= 11 is 0. The van der Waals surface area contributed by atoms with Crippen molar-refractivity contribution < 1.29 is 9.30 Å². The molecule has 244 valence electrons. The topological polar surface area (TPSA) is 35.9 Å². The highest BCUT2D eigenvalue weighted by Crippen LogP contribution is 2.43. The molecule has 0 aliphatic heterocycles. The van der Waals surface area contributed by atoms with Gasteiger partial charge in [0.1, 0.15) is 23.0 Å². The van der Waals surface area contributed by atoms with Crippen molar-refractivity contribution in [1.29, 1.82) is 0 Å². The molecule has 0 aliphatic rings. The molecule has 3 heterocycles. The number of ether oxygens (including phenoxy) is 1. The normalized spacial score (nSPS) is 12.8. The maximum atomic E-state index is 6.95. The molecule has 0 radical (unpaired) electrons. The minimum Gasteiger partial charge on any atom is -0.457 e. The van der Waals surface area contributed by atoms with Crippen LogP contribution in [-0.2, 0) is 23.3 Å². The van der Waals surface area contributed by atoms with Crippen molar-refractivity contribution in [2.45, 2.75) is 78.6 Å². The molecule has 0 saturated carbocycles. The Balaban J connectivity index is 1.46. The van der Waals surface area contributed by atoms with Gasteiger partial charge in [-0.2, -0.15) is 4.57 Å². The van der Waals surface area contributed by atoms with Gasteiger partial charge in [-0.15, -0.1) is 0 Å². The third kappa shape index (κ3) is 5.55.